The molecule has 19 heavy (non-hydrogen) atoms. The number of amides is 1. The minimum Gasteiger partial charge on any atom is -0.348 e. The van der Waals surface area contributed by atoms with Crippen molar-refractivity contribution in [3.8, 4) is 0 Å². The van der Waals surface area contributed by atoms with Gasteiger partial charge >= 0.3 is 0 Å². The lowest BCUT2D eigenvalue weighted by molar-refractivity contribution is 0.0951. The molecule has 0 unspecified atom stereocenters. The summed E-state index contributed by atoms with van der Waals surface area (Å²) in [6, 6.07) is 17.6. The Hall–Kier alpha value is -2.09. The summed E-state index contributed by atoms with van der Waals surface area (Å²) in [6.07, 6.45) is 1.82. The van der Waals surface area contributed by atoms with E-state index >= 15 is 0 Å². The zero-order valence-electron chi connectivity index (χ0n) is 10.9. The predicted octanol–water partition coefficient (Wildman–Crippen LogP) is 3.38. The number of aryl methyl sites for hydroxylation is 1. The van der Waals surface area contributed by atoms with Crippen molar-refractivity contribution in [2.75, 3.05) is 0 Å². The molecule has 2 aromatic rings. The van der Waals surface area contributed by atoms with Crippen molar-refractivity contribution in [2.24, 2.45) is 0 Å². The van der Waals surface area contributed by atoms with Crippen LogP contribution in [0.4, 0.5) is 0 Å². The fourth-order valence-electron chi connectivity index (χ4n) is 1.91. The van der Waals surface area contributed by atoms with Gasteiger partial charge in [0.05, 0.1) is 0 Å². The van der Waals surface area contributed by atoms with Gasteiger partial charge in [0.1, 0.15) is 0 Å². The maximum Gasteiger partial charge on any atom is 0.251 e. The minimum atomic E-state index is -0.0370. The fourth-order valence-corrected chi connectivity index (χ4v) is 1.91. The van der Waals surface area contributed by atoms with Crippen molar-refractivity contribution in [2.45, 2.75) is 19.4 Å². The Bertz CT molecular complexity index is 517. The predicted molar refractivity (Wildman–Crippen MR) is 77.7 cm³/mol. The van der Waals surface area contributed by atoms with E-state index in [1.165, 1.54) is 5.56 Å². The second-order valence-corrected chi connectivity index (χ2v) is 4.47. The maximum absolute atomic E-state index is 12.0. The molecule has 0 spiro atoms. The molecule has 1 N–H and O–H groups in total. The average molecular weight is 252 g/mol. The highest BCUT2D eigenvalue weighted by Gasteiger charge is 2.04. The van der Waals surface area contributed by atoms with Crippen molar-refractivity contribution < 1.29 is 4.79 Å². The normalized spacial score (nSPS) is 10.2. The summed E-state index contributed by atoms with van der Waals surface area (Å²) in [6.45, 7) is 4.38. The van der Waals surface area contributed by atoms with Gasteiger partial charge in [-0.25, -0.2) is 0 Å². The quantitative estimate of drug-likeness (QED) is 0.868. The Kier molecular flexibility index (Phi) is 4.73. The number of rotatable bonds is 5. The lowest BCUT2D eigenvalue weighted by Gasteiger charge is -2.06. The van der Waals surface area contributed by atoms with E-state index in [0.717, 1.165) is 18.4 Å². The van der Waals surface area contributed by atoms with Crippen LogP contribution in [0.3, 0.4) is 0 Å². The van der Waals surface area contributed by atoms with Crippen LogP contribution in [-0.2, 0) is 13.0 Å². The van der Waals surface area contributed by atoms with Crippen LogP contribution >= 0.6 is 0 Å². The molecule has 0 aromatic heterocycles. The summed E-state index contributed by atoms with van der Waals surface area (Å²) in [7, 11) is 0. The summed E-state index contributed by atoms with van der Waals surface area (Å²) >= 11 is 0. The van der Waals surface area contributed by atoms with Crippen LogP contribution in [0, 0.1) is 6.92 Å². The third-order valence-electron chi connectivity index (χ3n) is 2.98. The number of carbonyl (C=O) groups excluding carboxylic acids is 1. The van der Waals surface area contributed by atoms with Crippen molar-refractivity contribution in [1.29, 1.82) is 0 Å². The smallest absolute Gasteiger partial charge is 0.251 e. The van der Waals surface area contributed by atoms with Crippen LogP contribution in [0.1, 0.15) is 27.9 Å². The molecule has 0 atom stereocenters. The summed E-state index contributed by atoms with van der Waals surface area (Å²) in [4.78, 5) is 12.0. The summed E-state index contributed by atoms with van der Waals surface area (Å²) in [5.41, 5.74) is 3.02. The van der Waals surface area contributed by atoms with Crippen LogP contribution in [-0.4, -0.2) is 5.91 Å². The molecule has 0 heterocycles. The number of nitrogens with one attached hydrogen (secondary N) is 1. The first-order valence-corrected chi connectivity index (χ1v) is 6.50. The molecule has 0 aliphatic heterocycles. The van der Waals surface area contributed by atoms with Gasteiger partial charge in [-0.2, -0.15) is 0 Å². The van der Waals surface area contributed by atoms with Crippen molar-refractivity contribution in [1.82, 2.24) is 5.32 Å². The first kappa shape index (κ1) is 13.3. The van der Waals surface area contributed by atoms with E-state index in [1.54, 1.807) is 0 Å². The van der Waals surface area contributed by atoms with Gasteiger partial charge in [0.25, 0.3) is 5.91 Å². The molecule has 2 aromatic carbocycles. The van der Waals surface area contributed by atoms with Gasteiger partial charge in [0.2, 0.25) is 0 Å². The second kappa shape index (κ2) is 6.74. The average Bonchev–Trinajstić information content (AvgIpc) is 2.47. The molecule has 1 amide bonds. The van der Waals surface area contributed by atoms with E-state index in [9.17, 15) is 4.79 Å². The Morgan fingerprint density at radius 3 is 2.26 bits per heavy atom. The summed E-state index contributed by atoms with van der Waals surface area (Å²) < 4.78 is 0. The molecule has 0 aliphatic rings. The highest BCUT2D eigenvalue weighted by Crippen LogP contribution is 2.07. The van der Waals surface area contributed by atoms with Crippen LogP contribution in [0.5, 0.6) is 0 Å². The SMILES string of the molecule is [CH2]CCc1ccc(C(=O)NCc2ccccc2)cc1. The molecular formula is C17H18NO. The van der Waals surface area contributed by atoms with Gasteiger partial charge in [-0.1, -0.05) is 49.4 Å². The van der Waals surface area contributed by atoms with Crippen LogP contribution < -0.4 is 5.32 Å². The van der Waals surface area contributed by atoms with Gasteiger partial charge in [0, 0.05) is 12.1 Å². The molecule has 2 heteroatoms. The van der Waals surface area contributed by atoms with Gasteiger partial charge in [0.15, 0.2) is 0 Å². The first-order chi connectivity index (χ1) is 9.29. The lowest BCUT2D eigenvalue weighted by Crippen LogP contribution is -2.22. The van der Waals surface area contributed by atoms with Gasteiger partial charge in [-0.15, -0.1) is 0 Å². The monoisotopic (exact) mass is 252 g/mol. The minimum absolute atomic E-state index is 0.0370. The first-order valence-electron chi connectivity index (χ1n) is 6.50. The lowest BCUT2D eigenvalue weighted by atomic mass is 10.1. The van der Waals surface area contributed by atoms with Crippen molar-refractivity contribution in [3.05, 3.63) is 78.2 Å². The number of hydrogen-bond donors (Lipinski definition) is 1. The van der Waals surface area contributed by atoms with Gasteiger partial charge in [-0.05, 0) is 36.1 Å². The molecule has 1 radical (unpaired) electrons. The van der Waals surface area contributed by atoms with Crippen LogP contribution in [0.2, 0.25) is 0 Å². The topological polar surface area (TPSA) is 29.1 Å². The van der Waals surface area contributed by atoms with Gasteiger partial charge < -0.3 is 5.32 Å². The zero-order valence-corrected chi connectivity index (χ0v) is 10.9. The van der Waals surface area contributed by atoms with E-state index < -0.39 is 0 Å². The summed E-state index contributed by atoms with van der Waals surface area (Å²) in [5, 5.41) is 2.92. The molecule has 0 aliphatic carbocycles. The Balaban J connectivity index is 1.92. The highest BCUT2D eigenvalue weighted by molar-refractivity contribution is 5.94. The van der Waals surface area contributed by atoms with E-state index in [4.69, 9.17) is 0 Å². The third kappa shape index (κ3) is 3.95. The fraction of sp³-hybridized carbons (Fsp3) is 0.176. The Morgan fingerprint density at radius 2 is 1.63 bits per heavy atom. The molecular weight excluding hydrogens is 234 g/mol. The van der Waals surface area contributed by atoms with E-state index in [2.05, 4.69) is 12.2 Å². The summed E-state index contributed by atoms with van der Waals surface area (Å²) in [5.74, 6) is -0.0370. The zero-order chi connectivity index (χ0) is 13.5. The number of hydrogen-bond acceptors (Lipinski definition) is 1. The standard InChI is InChI=1S/C17H18NO/c1-2-6-14-9-11-16(12-10-14)17(19)18-13-15-7-4-3-5-8-15/h3-5,7-12H,1-2,6,13H2,(H,18,19). The van der Waals surface area contributed by atoms with E-state index in [1.807, 2.05) is 54.6 Å². The third-order valence-corrected chi connectivity index (χ3v) is 2.98. The number of carbonyl (C=O) groups is 1. The molecule has 0 fully saturated rings. The van der Waals surface area contributed by atoms with Crippen molar-refractivity contribution >= 4 is 5.91 Å². The Morgan fingerprint density at radius 1 is 0.947 bits per heavy atom. The van der Waals surface area contributed by atoms with Crippen LogP contribution in [0.15, 0.2) is 54.6 Å². The maximum atomic E-state index is 12.0. The Labute approximate surface area is 114 Å². The molecule has 0 saturated heterocycles. The molecule has 0 bridgehead atoms. The number of benzene rings is 2. The van der Waals surface area contributed by atoms with Crippen LogP contribution in [0.25, 0.3) is 0 Å². The second-order valence-electron chi connectivity index (χ2n) is 4.47. The molecule has 97 valence electrons. The molecule has 2 nitrogen and oxygen atoms in total. The highest BCUT2D eigenvalue weighted by atomic mass is 16.1. The largest absolute Gasteiger partial charge is 0.348 e. The molecule has 2 rings (SSSR count). The molecule has 0 saturated carbocycles. The van der Waals surface area contributed by atoms with E-state index in [-0.39, 0.29) is 5.91 Å². The van der Waals surface area contributed by atoms with E-state index in [0.29, 0.717) is 12.1 Å². The van der Waals surface area contributed by atoms with Gasteiger partial charge in [-0.3, -0.25) is 4.79 Å². The van der Waals surface area contributed by atoms with Crippen molar-refractivity contribution in [3.63, 3.8) is 0 Å².